The molecule has 0 aliphatic rings. The summed E-state index contributed by atoms with van der Waals surface area (Å²) < 4.78 is 0. The summed E-state index contributed by atoms with van der Waals surface area (Å²) in [5.74, 6) is -0.907. The molecule has 2 aromatic carbocycles. The van der Waals surface area contributed by atoms with E-state index >= 15 is 0 Å². The Bertz CT molecular complexity index is 1240. The van der Waals surface area contributed by atoms with E-state index in [1.54, 1.807) is 30.5 Å². The normalized spacial score (nSPS) is 10.5. The molecule has 2 aromatic heterocycles. The molecular formula is C23H18N4O3. The van der Waals surface area contributed by atoms with Gasteiger partial charge in [-0.25, -0.2) is 14.8 Å². The summed E-state index contributed by atoms with van der Waals surface area (Å²) in [5.41, 5.74) is 1.81. The molecule has 3 N–H and O–H groups in total. The maximum absolute atomic E-state index is 12.8. The molecule has 0 radical (unpaired) electrons. The van der Waals surface area contributed by atoms with Crippen molar-refractivity contribution in [1.82, 2.24) is 9.97 Å². The van der Waals surface area contributed by atoms with Gasteiger partial charge in [-0.15, -0.1) is 0 Å². The second kappa shape index (κ2) is 8.40. The quantitative estimate of drug-likeness (QED) is 0.450. The van der Waals surface area contributed by atoms with Crippen LogP contribution in [0.15, 0.2) is 79.1 Å². The number of nitrogens with one attached hydrogen (secondary N) is 2. The third kappa shape index (κ3) is 4.25. The molecule has 0 atom stereocenters. The maximum Gasteiger partial charge on any atom is 0.354 e. The van der Waals surface area contributed by atoms with E-state index in [1.165, 1.54) is 12.3 Å². The van der Waals surface area contributed by atoms with Crippen molar-refractivity contribution in [3.05, 3.63) is 95.9 Å². The second-order valence-corrected chi connectivity index (χ2v) is 6.62. The summed E-state index contributed by atoms with van der Waals surface area (Å²) in [4.78, 5) is 32.0. The number of benzene rings is 2. The van der Waals surface area contributed by atoms with Crippen LogP contribution in [0.1, 0.15) is 26.4 Å². The average Bonchev–Trinajstić information content (AvgIpc) is 2.78. The molecule has 7 nitrogen and oxygen atoms in total. The van der Waals surface area contributed by atoms with Crippen LogP contribution in [0.5, 0.6) is 0 Å². The van der Waals surface area contributed by atoms with E-state index in [2.05, 4.69) is 20.6 Å². The van der Waals surface area contributed by atoms with Gasteiger partial charge in [-0.2, -0.15) is 0 Å². The number of rotatable bonds is 6. The zero-order chi connectivity index (χ0) is 20.9. The number of fused-ring (bicyclic) bond motifs is 1. The molecular weight excluding hydrogens is 380 g/mol. The number of carbonyl (C=O) groups excluding carboxylic acids is 1. The Labute approximate surface area is 172 Å². The molecule has 0 spiro atoms. The van der Waals surface area contributed by atoms with Crippen LogP contribution in [0.3, 0.4) is 0 Å². The van der Waals surface area contributed by atoms with E-state index in [1.807, 2.05) is 36.4 Å². The smallest absolute Gasteiger partial charge is 0.354 e. The summed E-state index contributed by atoms with van der Waals surface area (Å²) in [7, 11) is 0. The van der Waals surface area contributed by atoms with Gasteiger partial charge in [0.1, 0.15) is 11.5 Å². The van der Waals surface area contributed by atoms with Gasteiger partial charge in [0.25, 0.3) is 5.91 Å². The zero-order valence-corrected chi connectivity index (χ0v) is 15.9. The fourth-order valence-corrected chi connectivity index (χ4v) is 3.07. The highest BCUT2D eigenvalue weighted by molar-refractivity contribution is 6.08. The molecule has 148 valence electrons. The summed E-state index contributed by atoms with van der Waals surface area (Å²) in [6.07, 6.45) is 3.17. The molecule has 30 heavy (non-hydrogen) atoms. The molecule has 0 bridgehead atoms. The Balaban J connectivity index is 1.51. The van der Waals surface area contributed by atoms with Crippen molar-refractivity contribution in [1.29, 1.82) is 0 Å². The molecule has 4 rings (SSSR count). The van der Waals surface area contributed by atoms with E-state index in [0.29, 0.717) is 23.6 Å². The first-order valence-electron chi connectivity index (χ1n) is 9.27. The average molecular weight is 398 g/mol. The van der Waals surface area contributed by atoms with Crippen LogP contribution in [0.25, 0.3) is 10.8 Å². The van der Waals surface area contributed by atoms with Crippen molar-refractivity contribution < 1.29 is 14.7 Å². The molecule has 1 amide bonds. The number of aromatic nitrogens is 2. The lowest BCUT2D eigenvalue weighted by molar-refractivity contribution is 0.0690. The lowest BCUT2D eigenvalue weighted by Crippen LogP contribution is -2.15. The lowest BCUT2D eigenvalue weighted by atomic mass is 10.1. The second-order valence-electron chi connectivity index (χ2n) is 6.62. The Morgan fingerprint density at radius 2 is 1.67 bits per heavy atom. The number of carboxylic acid groups (broad SMARTS) is 1. The fourth-order valence-electron chi connectivity index (χ4n) is 3.07. The van der Waals surface area contributed by atoms with Crippen LogP contribution in [-0.2, 0) is 6.54 Å². The van der Waals surface area contributed by atoms with Gasteiger partial charge in [0, 0.05) is 30.0 Å². The van der Waals surface area contributed by atoms with Gasteiger partial charge < -0.3 is 15.7 Å². The summed E-state index contributed by atoms with van der Waals surface area (Å²) in [6, 6.07) is 20.0. The highest BCUT2D eigenvalue weighted by atomic mass is 16.4. The van der Waals surface area contributed by atoms with Crippen LogP contribution in [0, 0.1) is 0 Å². The fraction of sp³-hybridized carbons (Fsp3) is 0.0435. The monoisotopic (exact) mass is 398 g/mol. The highest BCUT2D eigenvalue weighted by Crippen LogP contribution is 2.20. The summed E-state index contributed by atoms with van der Waals surface area (Å²) in [5, 5.41) is 17.1. The summed E-state index contributed by atoms with van der Waals surface area (Å²) in [6.45, 7) is 0.349. The molecule has 0 fully saturated rings. The number of para-hydroxylation sites is 1. The Kier molecular flexibility index (Phi) is 5.34. The standard InChI is InChI=1S/C23H18N4O3/c28-22(27-21-12-16-5-1-2-6-17(16)14-26-21)18-7-3-4-8-19(18)25-13-15-9-10-24-20(11-15)23(29)30/h1-12,14,25H,13H2,(H,29,30)(H,26,27,28). The minimum Gasteiger partial charge on any atom is -0.477 e. The van der Waals surface area contributed by atoms with Gasteiger partial charge in [-0.1, -0.05) is 36.4 Å². The van der Waals surface area contributed by atoms with Crippen molar-refractivity contribution in [2.24, 2.45) is 0 Å². The van der Waals surface area contributed by atoms with Crippen molar-refractivity contribution in [2.45, 2.75) is 6.54 Å². The minimum atomic E-state index is -1.08. The van der Waals surface area contributed by atoms with E-state index in [9.17, 15) is 9.59 Å². The third-order valence-electron chi connectivity index (χ3n) is 4.57. The number of amides is 1. The van der Waals surface area contributed by atoms with Crippen molar-refractivity contribution in [3.8, 4) is 0 Å². The number of anilines is 2. The van der Waals surface area contributed by atoms with Gasteiger partial charge in [0.2, 0.25) is 0 Å². The first-order valence-corrected chi connectivity index (χ1v) is 9.27. The van der Waals surface area contributed by atoms with Gasteiger partial charge in [-0.3, -0.25) is 4.79 Å². The molecule has 0 aliphatic carbocycles. The first-order chi connectivity index (χ1) is 14.6. The van der Waals surface area contributed by atoms with Crippen LogP contribution in [0.2, 0.25) is 0 Å². The van der Waals surface area contributed by atoms with Crippen LogP contribution >= 0.6 is 0 Å². The Morgan fingerprint density at radius 3 is 2.50 bits per heavy atom. The maximum atomic E-state index is 12.8. The van der Waals surface area contributed by atoms with Gasteiger partial charge >= 0.3 is 5.97 Å². The zero-order valence-electron chi connectivity index (χ0n) is 15.9. The number of aromatic carboxylic acids is 1. The van der Waals surface area contributed by atoms with Gasteiger partial charge in [0.05, 0.1) is 5.56 Å². The predicted octanol–water partition coefficient (Wildman–Crippen LogP) is 4.19. The minimum absolute atomic E-state index is 0.0253. The number of carboxylic acids is 1. The van der Waals surface area contributed by atoms with Gasteiger partial charge in [-0.05, 0) is 41.3 Å². The SMILES string of the molecule is O=C(O)c1cc(CNc2ccccc2C(=O)Nc2cc3ccccc3cn2)ccn1. The van der Waals surface area contributed by atoms with E-state index in [0.717, 1.165) is 16.3 Å². The highest BCUT2D eigenvalue weighted by Gasteiger charge is 2.12. The van der Waals surface area contributed by atoms with E-state index in [-0.39, 0.29) is 11.6 Å². The third-order valence-corrected chi connectivity index (χ3v) is 4.57. The van der Waals surface area contributed by atoms with Crippen LogP contribution in [-0.4, -0.2) is 27.0 Å². The Hall–Kier alpha value is -4.26. The van der Waals surface area contributed by atoms with Crippen LogP contribution < -0.4 is 10.6 Å². The van der Waals surface area contributed by atoms with Crippen molar-refractivity contribution >= 4 is 34.2 Å². The summed E-state index contributed by atoms with van der Waals surface area (Å²) >= 11 is 0. The Morgan fingerprint density at radius 1 is 0.900 bits per heavy atom. The molecule has 4 aromatic rings. The number of hydrogen-bond acceptors (Lipinski definition) is 5. The first kappa shape index (κ1) is 19.1. The lowest BCUT2D eigenvalue weighted by Gasteiger charge is -2.12. The van der Waals surface area contributed by atoms with Crippen LogP contribution in [0.4, 0.5) is 11.5 Å². The number of pyridine rings is 2. The number of carbonyl (C=O) groups is 2. The van der Waals surface area contributed by atoms with E-state index < -0.39 is 5.97 Å². The van der Waals surface area contributed by atoms with Gasteiger partial charge in [0.15, 0.2) is 0 Å². The molecule has 0 saturated heterocycles. The van der Waals surface area contributed by atoms with Crippen molar-refractivity contribution in [3.63, 3.8) is 0 Å². The molecule has 7 heteroatoms. The van der Waals surface area contributed by atoms with E-state index in [4.69, 9.17) is 5.11 Å². The largest absolute Gasteiger partial charge is 0.477 e. The molecule has 0 aliphatic heterocycles. The molecule has 0 saturated carbocycles. The molecule has 0 unspecified atom stereocenters. The topological polar surface area (TPSA) is 104 Å². The predicted molar refractivity (Wildman–Crippen MR) is 115 cm³/mol. The number of hydrogen-bond donors (Lipinski definition) is 3. The number of nitrogens with zero attached hydrogens (tertiary/aromatic N) is 2. The van der Waals surface area contributed by atoms with Crippen molar-refractivity contribution in [2.75, 3.05) is 10.6 Å². The molecule has 2 heterocycles.